The van der Waals surface area contributed by atoms with E-state index in [-0.39, 0.29) is 24.8 Å². The summed E-state index contributed by atoms with van der Waals surface area (Å²) in [5.74, 6) is -2.64. The largest absolute Gasteiger partial charge is 0.468 e. The Morgan fingerprint density at radius 3 is 2.41 bits per heavy atom. The van der Waals surface area contributed by atoms with Crippen LogP contribution in [0.3, 0.4) is 0 Å². The Labute approximate surface area is 128 Å². The van der Waals surface area contributed by atoms with E-state index in [1.807, 2.05) is 0 Å². The van der Waals surface area contributed by atoms with E-state index in [1.54, 1.807) is 13.8 Å². The van der Waals surface area contributed by atoms with Gasteiger partial charge in [-0.2, -0.15) is 0 Å². The van der Waals surface area contributed by atoms with Crippen molar-refractivity contribution in [2.24, 2.45) is 11.3 Å². The molecule has 1 heterocycles. The monoisotopic (exact) mass is 307 g/mol. The number of amides is 1. The summed E-state index contributed by atoms with van der Waals surface area (Å²) < 4.78 is 17.6. The van der Waals surface area contributed by atoms with Gasteiger partial charge < -0.3 is 9.64 Å². The molecule has 0 bridgehead atoms. The molecule has 5 nitrogen and oxygen atoms in total. The zero-order chi connectivity index (χ0) is 16.5. The molecule has 0 aliphatic carbocycles. The molecule has 0 aromatic heterocycles. The van der Waals surface area contributed by atoms with E-state index in [0.717, 1.165) is 0 Å². The van der Waals surface area contributed by atoms with E-state index >= 15 is 0 Å². The van der Waals surface area contributed by atoms with E-state index < -0.39 is 23.1 Å². The molecule has 0 N–H and O–H groups in total. The third-order valence-electron chi connectivity index (χ3n) is 3.84. The number of hydrogen-bond donors (Lipinski definition) is 0. The van der Waals surface area contributed by atoms with E-state index in [4.69, 9.17) is 0 Å². The summed E-state index contributed by atoms with van der Waals surface area (Å²) in [6.45, 7) is 3.56. The topological polar surface area (TPSA) is 63.7 Å². The van der Waals surface area contributed by atoms with Crippen LogP contribution in [0.25, 0.3) is 0 Å². The first-order chi connectivity index (χ1) is 10.3. The lowest BCUT2D eigenvalue weighted by molar-refractivity contribution is -0.155. The molecule has 1 unspecified atom stereocenters. The highest BCUT2D eigenvalue weighted by Gasteiger charge is 2.46. The first-order valence-electron chi connectivity index (χ1n) is 6.93. The number of nitrogens with zero attached hydrogens (tertiary/aromatic N) is 1. The molecule has 118 valence electrons. The van der Waals surface area contributed by atoms with E-state index in [1.165, 1.54) is 36.3 Å². The minimum Gasteiger partial charge on any atom is -0.468 e. The minimum absolute atomic E-state index is 0.0227. The number of benzene rings is 1. The fraction of sp³-hybridized carbons (Fsp3) is 0.438. The molecule has 0 saturated carbocycles. The van der Waals surface area contributed by atoms with E-state index in [9.17, 15) is 18.8 Å². The van der Waals surface area contributed by atoms with Crippen LogP contribution in [0.4, 0.5) is 4.39 Å². The third kappa shape index (κ3) is 3.00. The molecule has 1 aromatic rings. The van der Waals surface area contributed by atoms with Crippen LogP contribution >= 0.6 is 0 Å². The highest BCUT2D eigenvalue weighted by Crippen LogP contribution is 2.30. The lowest BCUT2D eigenvalue weighted by Crippen LogP contribution is -2.55. The number of esters is 1. The fourth-order valence-corrected chi connectivity index (χ4v) is 2.65. The molecule has 0 spiro atoms. The van der Waals surface area contributed by atoms with Gasteiger partial charge in [0.05, 0.1) is 7.11 Å². The Hall–Kier alpha value is -2.24. The minimum atomic E-state index is -0.988. The van der Waals surface area contributed by atoms with E-state index in [2.05, 4.69) is 4.74 Å². The first kappa shape index (κ1) is 16.1. The van der Waals surface area contributed by atoms with Crippen LogP contribution in [0.2, 0.25) is 0 Å². The number of halogens is 1. The van der Waals surface area contributed by atoms with Crippen molar-refractivity contribution >= 4 is 17.7 Å². The smallest absolute Gasteiger partial charge is 0.318 e. The quantitative estimate of drug-likeness (QED) is 0.616. The standard InChI is InChI=1S/C16H18FNO4/c1-16(2)9-18(8-12(13(16)19)15(21)22-3)14(20)10-4-6-11(17)7-5-10/h4-7,12H,8-9H2,1-3H3. The van der Waals surface area contributed by atoms with Crippen LogP contribution in [0, 0.1) is 17.2 Å². The van der Waals surface area contributed by atoms with Crippen molar-refractivity contribution < 1.29 is 23.5 Å². The van der Waals surface area contributed by atoms with Crippen molar-refractivity contribution in [1.29, 1.82) is 0 Å². The molecule has 1 aromatic carbocycles. The summed E-state index contributed by atoms with van der Waals surface area (Å²) in [5, 5.41) is 0. The average molecular weight is 307 g/mol. The van der Waals surface area contributed by atoms with Crippen molar-refractivity contribution in [3.63, 3.8) is 0 Å². The SMILES string of the molecule is COC(=O)C1CN(C(=O)c2ccc(F)cc2)CC(C)(C)C1=O. The molecule has 1 fully saturated rings. The Balaban J connectivity index is 2.27. The maximum atomic E-state index is 12.9. The summed E-state index contributed by atoms with van der Waals surface area (Å²) in [4.78, 5) is 38.0. The zero-order valence-electron chi connectivity index (χ0n) is 12.8. The van der Waals surface area contributed by atoms with Gasteiger partial charge in [-0.25, -0.2) is 4.39 Å². The van der Waals surface area contributed by atoms with Crippen molar-refractivity contribution in [2.75, 3.05) is 20.2 Å². The number of ketones is 1. The molecule has 1 aliphatic heterocycles. The number of ether oxygens (including phenoxy) is 1. The first-order valence-corrected chi connectivity index (χ1v) is 6.93. The maximum absolute atomic E-state index is 12.9. The predicted molar refractivity (Wildman–Crippen MR) is 76.6 cm³/mol. The molecule has 0 radical (unpaired) electrons. The number of rotatable bonds is 2. The highest BCUT2D eigenvalue weighted by molar-refractivity contribution is 6.04. The Morgan fingerprint density at radius 2 is 1.86 bits per heavy atom. The lowest BCUT2D eigenvalue weighted by Gasteiger charge is -2.40. The Bertz CT molecular complexity index is 609. The van der Waals surface area contributed by atoms with Gasteiger partial charge in [0, 0.05) is 24.1 Å². The molecule has 22 heavy (non-hydrogen) atoms. The van der Waals surface area contributed by atoms with Crippen LogP contribution in [0.15, 0.2) is 24.3 Å². The third-order valence-corrected chi connectivity index (χ3v) is 3.84. The second kappa shape index (κ2) is 5.87. The van der Waals surface area contributed by atoms with Crippen LogP contribution in [0.5, 0.6) is 0 Å². The van der Waals surface area contributed by atoms with Crippen molar-refractivity contribution in [3.8, 4) is 0 Å². The van der Waals surface area contributed by atoms with Gasteiger partial charge in [-0.15, -0.1) is 0 Å². The molecule has 1 saturated heterocycles. The van der Waals surface area contributed by atoms with Crippen LogP contribution in [0.1, 0.15) is 24.2 Å². The van der Waals surface area contributed by atoms with Crippen LogP contribution in [-0.4, -0.2) is 42.8 Å². The molecule has 6 heteroatoms. The van der Waals surface area contributed by atoms with Crippen molar-refractivity contribution in [1.82, 2.24) is 4.90 Å². The van der Waals surface area contributed by atoms with Crippen molar-refractivity contribution in [2.45, 2.75) is 13.8 Å². The molecule has 1 amide bonds. The number of piperidine rings is 1. The second-order valence-corrected chi connectivity index (χ2v) is 6.02. The van der Waals surface area contributed by atoms with Crippen LogP contribution < -0.4 is 0 Å². The number of Topliss-reactive ketones (excluding diaryl/α,β-unsaturated/α-hetero) is 1. The number of carbonyl (C=O) groups is 3. The molecule has 1 aliphatic rings. The Morgan fingerprint density at radius 1 is 1.27 bits per heavy atom. The van der Waals surface area contributed by atoms with Crippen molar-refractivity contribution in [3.05, 3.63) is 35.6 Å². The number of hydrogen-bond acceptors (Lipinski definition) is 4. The molecular formula is C16H18FNO4. The predicted octanol–water partition coefficient (Wildman–Crippen LogP) is 1.67. The number of methoxy groups -OCH3 is 1. The van der Waals surface area contributed by atoms with Gasteiger partial charge in [-0.05, 0) is 24.3 Å². The average Bonchev–Trinajstić information content (AvgIpc) is 2.49. The molecular weight excluding hydrogens is 289 g/mol. The summed E-state index contributed by atoms with van der Waals surface area (Å²) in [5.41, 5.74) is -0.526. The summed E-state index contributed by atoms with van der Waals surface area (Å²) in [6.07, 6.45) is 0. The summed E-state index contributed by atoms with van der Waals surface area (Å²) in [7, 11) is 1.21. The normalized spacial score (nSPS) is 20.6. The van der Waals surface area contributed by atoms with Gasteiger partial charge in [0.1, 0.15) is 11.7 Å². The van der Waals surface area contributed by atoms with Crippen LogP contribution in [-0.2, 0) is 14.3 Å². The van der Waals surface area contributed by atoms with Gasteiger partial charge in [0.25, 0.3) is 5.91 Å². The summed E-state index contributed by atoms with van der Waals surface area (Å²) >= 11 is 0. The molecule has 1 atom stereocenters. The van der Waals surface area contributed by atoms with Gasteiger partial charge in [0.15, 0.2) is 5.78 Å². The fourth-order valence-electron chi connectivity index (χ4n) is 2.65. The Kier molecular flexibility index (Phi) is 4.30. The second-order valence-electron chi connectivity index (χ2n) is 6.02. The van der Waals surface area contributed by atoms with Gasteiger partial charge in [-0.1, -0.05) is 13.8 Å². The summed E-state index contributed by atoms with van der Waals surface area (Å²) in [6, 6.07) is 5.17. The lowest BCUT2D eigenvalue weighted by atomic mass is 9.77. The highest BCUT2D eigenvalue weighted by atomic mass is 19.1. The van der Waals surface area contributed by atoms with Gasteiger partial charge in [0.2, 0.25) is 0 Å². The number of carbonyl (C=O) groups excluding carboxylic acids is 3. The number of likely N-dealkylation sites (tertiary alicyclic amines) is 1. The van der Waals surface area contributed by atoms with Gasteiger partial charge >= 0.3 is 5.97 Å². The zero-order valence-corrected chi connectivity index (χ0v) is 12.8. The maximum Gasteiger partial charge on any atom is 0.318 e. The molecule has 2 rings (SSSR count). The van der Waals surface area contributed by atoms with Gasteiger partial charge in [-0.3, -0.25) is 14.4 Å². The van der Waals surface area contributed by atoms with E-state index in [0.29, 0.717) is 5.56 Å².